The van der Waals surface area contributed by atoms with Crippen molar-refractivity contribution in [2.75, 3.05) is 11.4 Å². The number of hydrogen-bond acceptors (Lipinski definition) is 6. The highest BCUT2D eigenvalue weighted by atomic mass is 32.2. The summed E-state index contributed by atoms with van der Waals surface area (Å²) < 4.78 is 5.53. The summed E-state index contributed by atoms with van der Waals surface area (Å²) in [7, 11) is 0. The number of amides is 1. The van der Waals surface area contributed by atoms with Crippen LogP contribution in [0, 0.1) is 25.2 Å². The van der Waals surface area contributed by atoms with Gasteiger partial charge < -0.3 is 9.32 Å². The summed E-state index contributed by atoms with van der Waals surface area (Å²) in [5.74, 6) is 0.803. The molecule has 0 unspecified atom stereocenters. The molecule has 21 heavy (non-hydrogen) atoms. The van der Waals surface area contributed by atoms with E-state index in [-0.39, 0.29) is 11.2 Å². The van der Waals surface area contributed by atoms with E-state index in [1.165, 1.54) is 23.1 Å². The van der Waals surface area contributed by atoms with Crippen LogP contribution in [0.3, 0.4) is 0 Å². The molecule has 0 saturated carbocycles. The van der Waals surface area contributed by atoms with Gasteiger partial charge in [-0.2, -0.15) is 5.26 Å². The van der Waals surface area contributed by atoms with Crippen LogP contribution >= 0.6 is 23.1 Å². The molecular weight excluding hydrogens is 306 g/mol. The fraction of sp³-hybridized carbons (Fsp3) is 0.357. The molecule has 2 aromatic heterocycles. The Morgan fingerprint density at radius 1 is 1.57 bits per heavy atom. The Kier molecular flexibility index (Phi) is 3.74. The average Bonchev–Trinajstić information content (AvgIpc) is 3.13. The molecule has 0 spiro atoms. The lowest BCUT2D eigenvalue weighted by Gasteiger charge is -2.14. The van der Waals surface area contributed by atoms with Crippen molar-refractivity contribution in [2.24, 2.45) is 0 Å². The van der Waals surface area contributed by atoms with Crippen LogP contribution in [-0.4, -0.2) is 22.7 Å². The van der Waals surface area contributed by atoms with Gasteiger partial charge in [-0.15, -0.1) is 11.3 Å². The number of oxazole rings is 1. The predicted molar refractivity (Wildman–Crippen MR) is 81.6 cm³/mol. The standard InChI is InChI=1S/C14H13N3O2S2/c1-8-9(2)19-14(16-8)21-11-3-5-17(12(11)18)13-10(7-15)4-6-20-13/h4,6,11H,3,5H2,1-2H3/t11-/m0/s1. The maximum absolute atomic E-state index is 12.5. The van der Waals surface area contributed by atoms with Gasteiger partial charge in [0, 0.05) is 6.54 Å². The van der Waals surface area contributed by atoms with Crippen LogP contribution in [-0.2, 0) is 4.79 Å². The molecule has 0 aliphatic carbocycles. The van der Waals surface area contributed by atoms with Crippen molar-refractivity contribution in [3.63, 3.8) is 0 Å². The van der Waals surface area contributed by atoms with Gasteiger partial charge in [0.1, 0.15) is 16.8 Å². The molecule has 3 heterocycles. The Bertz CT molecular complexity index is 709. The molecule has 1 saturated heterocycles. The minimum atomic E-state index is -0.198. The first-order chi connectivity index (χ1) is 10.1. The number of thioether (sulfide) groups is 1. The fourth-order valence-electron chi connectivity index (χ4n) is 2.18. The number of rotatable bonds is 3. The van der Waals surface area contributed by atoms with Crippen molar-refractivity contribution in [2.45, 2.75) is 30.7 Å². The van der Waals surface area contributed by atoms with E-state index in [1.807, 2.05) is 19.2 Å². The third kappa shape index (κ3) is 2.57. The molecule has 108 valence electrons. The highest BCUT2D eigenvalue weighted by molar-refractivity contribution is 8.00. The highest BCUT2D eigenvalue weighted by Crippen LogP contribution is 2.36. The van der Waals surface area contributed by atoms with Crippen LogP contribution in [0.4, 0.5) is 5.00 Å². The van der Waals surface area contributed by atoms with Crippen molar-refractivity contribution in [1.29, 1.82) is 5.26 Å². The molecule has 0 N–H and O–H groups in total. The highest BCUT2D eigenvalue weighted by Gasteiger charge is 2.36. The summed E-state index contributed by atoms with van der Waals surface area (Å²) in [4.78, 5) is 18.5. The zero-order chi connectivity index (χ0) is 15.0. The van der Waals surface area contributed by atoms with Crippen LogP contribution < -0.4 is 4.90 Å². The summed E-state index contributed by atoms with van der Waals surface area (Å²) in [6.45, 7) is 4.38. The lowest BCUT2D eigenvalue weighted by atomic mass is 10.3. The lowest BCUT2D eigenvalue weighted by molar-refractivity contribution is -0.116. The molecule has 1 aliphatic rings. The molecule has 2 aromatic rings. The molecule has 1 aliphatic heterocycles. The van der Waals surface area contributed by atoms with E-state index in [9.17, 15) is 4.79 Å². The van der Waals surface area contributed by atoms with Crippen molar-refractivity contribution in [3.05, 3.63) is 28.5 Å². The van der Waals surface area contributed by atoms with E-state index in [4.69, 9.17) is 9.68 Å². The summed E-state index contributed by atoms with van der Waals surface area (Å²) in [5.41, 5.74) is 1.41. The number of nitrogens with zero attached hydrogens (tertiary/aromatic N) is 3. The Hall–Kier alpha value is -1.78. The normalized spacial score (nSPS) is 18.2. The molecule has 7 heteroatoms. The first kappa shape index (κ1) is 14.2. The van der Waals surface area contributed by atoms with Crippen molar-refractivity contribution in [3.8, 4) is 6.07 Å². The average molecular weight is 319 g/mol. The Morgan fingerprint density at radius 2 is 2.38 bits per heavy atom. The van der Waals surface area contributed by atoms with E-state index in [2.05, 4.69) is 11.1 Å². The van der Waals surface area contributed by atoms with Gasteiger partial charge in [0.25, 0.3) is 5.22 Å². The topological polar surface area (TPSA) is 70.1 Å². The summed E-state index contributed by atoms with van der Waals surface area (Å²) in [5, 5.41) is 12.0. The smallest absolute Gasteiger partial charge is 0.256 e. The van der Waals surface area contributed by atoms with E-state index >= 15 is 0 Å². The van der Waals surface area contributed by atoms with Crippen LogP contribution in [0.15, 0.2) is 21.1 Å². The van der Waals surface area contributed by atoms with Crippen LogP contribution in [0.5, 0.6) is 0 Å². The maximum Gasteiger partial charge on any atom is 0.256 e. The maximum atomic E-state index is 12.5. The van der Waals surface area contributed by atoms with Gasteiger partial charge in [-0.1, -0.05) is 11.8 Å². The number of nitriles is 1. The lowest BCUT2D eigenvalue weighted by Crippen LogP contribution is -2.27. The van der Waals surface area contributed by atoms with Crippen LogP contribution in [0.25, 0.3) is 0 Å². The number of carbonyl (C=O) groups excluding carboxylic acids is 1. The predicted octanol–water partition coefficient (Wildman–Crippen LogP) is 3.12. The van der Waals surface area contributed by atoms with E-state index in [1.54, 1.807) is 11.0 Å². The largest absolute Gasteiger partial charge is 0.437 e. The summed E-state index contributed by atoms with van der Waals surface area (Å²) in [6, 6.07) is 3.87. The molecule has 0 aromatic carbocycles. The van der Waals surface area contributed by atoms with E-state index in [0.717, 1.165) is 22.9 Å². The molecule has 3 rings (SSSR count). The third-order valence-corrected chi connectivity index (χ3v) is 5.45. The SMILES string of the molecule is Cc1nc(S[C@H]2CCN(c3sccc3C#N)C2=O)oc1C. The van der Waals surface area contributed by atoms with Crippen molar-refractivity contribution >= 4 is 34.0 Å². The number of aryl methyl sites for hydroxylation is 2. The van der Waals surface area contributed by atoms with E-state index < -0.39 is 0 Å². The van der Waals surface area contributed by atoms with Gasteiger partial charge in [0.05, 0.1) is 16.5 Å². The molecule has 1 fully saturated rings. The monoisotopic (exact) mass is 319 g/mol. The number of thiophene rings is 1. The first-order valence-corrected chi connectivity index (χ1v) is 8.25. The van der Waals surface area contributed by atoms with Crippen LogP contribution in [0.2, 0.25) is 0 Å². The summed E-state index contributed by atoms with van der Waals surface area (Å²) >= 11 is 2.79. The van der Waals surface area contributed by atoms with Gasteiger partial charge in [0.15, 0.2) is 0 Å². The van der Waals surface area contributed by atoms with Crippen molar-refractivity contribution in [1.82, 2.24) is 4.98 Å². The Balaban J connectivity index is 1.76. The van der Waals surface area contributed by atoms with E-state index in [0.29, 0.717) is 17.3 Å². The Morgan fingerprint density at radius 3 is 3.05 bits per heavy atom. The molecule has 5 nitrogen and oxygen atoms in total. The Labute approximate surface area is 130 Å². The number of anilines is 1. The van der Waals surface area contributed by atoms with Crippen molar-refractivity contribution < 1.29 is 9.21 Å². The molecular formula is C14H13N3O2S2. The number of carbonyl (C=O) groups is 1. The van der Waals surface area contributed by atoms with Gasteiger partial charge in [-0.25, -0.2) is 4.98 Å². The first-order valence-electron chi connectivity index (χ1n) is 6.50. The number of aromatic nitrogens is 1. The van der Waals surface area contributed by atoms with Gasteiger partial charge in [-0.05, 0) is 31.7 Å². The van der Waals surface area contributed by atoms with Crippen LogP contribution in [0.1, 0.15) is 23.4 Å². The molecule has 1 amide bonds. The third-order valence-electron chi connectivity index (χ3n) is 3.42. The molecule has 1 atom stereocenters. The summed E-state index contributed by atoms with van der Waals surface area (Å²) in [6.07, 6.45) is 0.729. The minimum absolute atomic E-state index is 0.0208. The van der Waals surface area contributed by atoms with Gasteiger partial charge in [0.2, 0.25) is 5.91 Å². The second-order valence-corrected chi connectivity index (χ2v) is 6.81. The zero-order valence-electron chi connectivity index (χ0n) is 11.6. The second kappa shape index (κ2) is 5.54. The number of hydrogen-bond donors (Lipinski definition) is 0. The van der Waals surface area contributed by atoms with Gasteiger partial charge in [-0.3, -0.25) is 4.79 Å². The quantitative estimate of drug-likeness (QED) is 0.869. The zero-order valence-corrected chi connectivity index (χ0v) is 13.3. The van der Waals surface area contributed by atoms with Gasteiger partial charge >= 0.3 is 0 Å². The molecule has 0 radical (unpaired) electrons. The second-order valence-electron chi connectivity index (χ2n) is 4.76. The fourth-order valence-corrected chi connectivity index (χ4v) is 4.12. The minimum Gasteiger partial charge on any atom is -0.437 e. The molecule has 0 bridgehead atoms.